The third-order valence-electron chi connectivity index (χ3n) is 2.51. The summed E-state index contributed by atoms with van der Waals surface area (Å²) in [7, 11) is 1.52. The second-order valence-corrected chi connectivity index (χ2v) is 4.16. The minimum absolute atomic E-state index is 0.0947. The second kappa shape index (κ2) is 6.20. The van der Waals surface area contributed by atoms with Crippen LogP contribution in [0.3, 0.4) is 0 Å². The van der Waals surface area contributed by atoms with Crippen molar-refractivity contribution in [3.05, 3.63) is 58.9 Å². The highest BCUT2D eigenvalue weighted by Gasteiger charge is 2.11. The van der Waals surface area contributed by atoms with E-state index in [1.807, 2.05) is 0 Å². The standard InChI is InChI=1S/C14H12ClNO3/c1-18-13-11(4-2-6-12(13)15)9-19-14(17)10-5-3-7-16-8-10/h2-8H,9H2,1H3. The van der Waals surface area contributed by atoms with Crippen LogP contribution in [0.5, 0.6) is 5.75 Å². The van der Waals surface area contributed by atoms with Gasteiger partial charge in [-0.05, 0) is 18.2 Å². The predicted octanol–water partition coefficient (Wildman–Crippen LogP) is 3.10. The Bertz CT molecular complexity index is 572. The van der Waals surface area contributed by atoms with Crippen molar-refractivity contribution in [2.75, 3.05) is 7.11 Å². The smallest absolute Gasteiger partial charge is 0.340 e. The summed E-state index contributed by atoms with van der Waals surface area (Å²) < 4.78 is 10.4. The van der Waals surface area contributed by atoms with E-state index in [0.29, 0.717) is 21.9 Å². The topological polar surface area (TPSA) is 48.4 Å². The van der Waals surface area contributed by atoms with E-state index in [9.17, 15) is 4.79 Å². The Morgan fingerprint density at radius 3 is 2.84 bits per heavy atom. The van der Waals surface area contributed by atoms with Crippen LogP contribution in [0.2, 0.25) is 5.02 Å². The van der Waals surface area contributed by atoms with Gasteiger partial charge in [0.25, 0.3) is 0 Å². The van der Waals surface area contributed by atoms with Gasteiger partial charge in [-0.25, -0.2) is 4.79 Å². The molecule has 1 heterocycles. The van der Waals surface area contributed by atoms with Crippen molar-refractivity contribution in [3.63, 3.8) is 0 Å². The quantitative estimate of drug-likeness (QED) is 0.806. The summed E-state index contributed by atoms with van der Waals surface area (Å²) in [6.45, 7) is 0.0947. The van der Waals surface area contributed by atoms with Gasteiger partial charge in [0.05, 0.1) is 17.7 Å². The number of hydrogen-bond acceptors (Lipinski definition) is 4. The highest BCUT2D eigenvalue weighted by Crippen LogP contribution is 2.28. The summed E-state index contributed by atoms with van der Waals surface area (Å²) in [6, 6.07) is 8.60. The van der Waals surface area contributed by atoms with Crippen molar-refractivity contribution in [3.8, 4) is 5.75 Å². The van der Waals surface area contributed by atoms with Gasteiger partial charge >= 0.3 is 5.97 Å². The van der Waals surface area contributed by atoms with Crippen LogP contribution in [0.25, 0.3) is 0 Å². The Balaban J connectivity index is 2.07. The van der Waals surface area contributed by atoms with Gasteiger partial charge in [-0.2, -0.15) is 0 Å². The van der Waals surface area contributed by atoms with Crippen LogP contribution in [0.1, 0.15) is 15.9 Å². The van der Waals surface area contributed by atoms with Gasteiger partial charge in [-0.1, -0.05) is 23.7 Å². The van der Waals surface area contributed by atoms with Crippen molar-refractivity contribution >= 4 is 17.6 Å². The minimum atomic E-state index is -0.435. The number of benzene rings is 1. The van der Waals surface area contributed by atoms with E-state index in [1.54, 1.807) is 36.5 Å². The molecule has 0 amide bonds. The Hall–Kier alpha value is -2.07. The fourth-order valence-electron chi connectivity index (χ4n) is 1.61. The van der Waals surface area contributed by atoms with Crippen LogP contribution in [0, 0.1) is 0 Å². The highest BCUT2D eigenvalue weighted by molar-refractivity contribution is 6.32. The first-order valence-electron chi connectivity index (χ1n) is 5.61. The molecule has 0 aliphatic heterocycles. The molecule has 5 heteroatoms. The molecular formula is C14H12ClNO3. The normalized spacial score (nSPS) is 10.0. The third kappa shape index (κ3) is 3.23. The number of para-hydroxylation sites is 1. The lowest BCUT2D eigenvalue weighted by Crippen LogP contribution is -2.06. The van der Waals surface area contributed by atoms with E-state index < -0.39 is 5.97 Å². The van der Waals surface area contributed by atoms with Crippen molar-refractivity contribution in [1.29, 1.82) is 0 Å². The summed E-state index contributed by atoms with van der Waals surface area (Å²) >= 11 is 5.99. The number of pyridine rings is 1. The van der Waals surface area contributed by atoms with Crippen LogP contribution in [0.4, 0.5) is 0 Å². The Morgan fingerprint density at radius 1 is 1.32 bits per heavy atom. The van der Waals surface area contributed by atoms with Crippen LogP contribution in [-0.4, -0.2) is 18.1 Å². The molecule has 0 unspecified atom stereocenters. The summed E-state index contributed by atoms with van der Waals surface area (Å²) in [5.41, 5.74) is 1.12. The summed E-state index contributed by atoms with van der Waals surface area (Å²) in [6.07, 6.45) is 3.05. The fourth-order valence-corrected chi connectivity index (χ4v) is 1.88. The Kier molecular flexibility index (Phi) is 4.36. The first kappa shape index (κ1) is 13.4. The molecule has 1 aromatic carbocycles. The third-order valence-corrected chi connectivity index (χ3v) is 2.81. The Labute approximate surface area is 115 Å². The van der Waals surface area contributed by atoms with Crippen molar-refractivity contribution < 1.29 is 14.3 Å². The zero-order valence-corrected chi connectivity index (χ0v) is 11.1. The lowest BCUT2D eigenvalue weighted by Gasteiger charge is -2.10. The maximum atomic E-state index is 11.8. The number of carbonyl (C=O) groups is 1. The molecule has 1 aromatic heterocycles. The number of methoxy groups -OCH3 is 1. The lowest BCUT2D eigenvalue weighted by atomic mass is 10.2. The monoisotopic (exact) mass is 277 g/mol. The first-order valence-corrected chi connectivity index (χ1v) is 5.98. The second-order valence-electron chi connectivity index (χ2n) is 3.75. The summed E-state index contributed by atoms with van der Waals surface area (Å²) in [5.74, 6) is 0.0817. The highest BCUT2D eigenvalue weighted by atomic mass is 35.5. The van der Waals surface area contributed by atoms with Gasteiger partial charge in [0.2, 0.25) is 0 Å². The van der Waals surface area contributed by atoms with Crippen molar-refractivity contribution in [2.45, 2.75) is 6.61 Å². The fraction of sp³-hybridized carbons (Fsp3) is 0.143. The molecule has 98 valence electrons. The summed E-state index contributed by atoms with van der Waals surface area (Å²) in [5, 5.41) is 0.484. The van der Waals surface area contributed by atoms with E-state index in [1.165, 1.54) is 13.3 Å². The number of halogens is 1. The number of hydrogen-bond donors (Lipinski definition) is 0. The number of aromatic nitrogens is 1. The Morgan fingerprint density at radius 2 is 2.16 bits per heavy atom. The van der Waals surface area contributed by atoms with E-state index >= 15 is 0 Å². The van der Waals surface area contributed by atoms with Crippen molar-refractivity contribution in [1.82, 2.24) is 4.98 Å². The molecule has 0 bridgehead atoms. The minimum Gasteiger partial charge on any atom is -0.495 e. The van der Waals surface area contributed by atoms with Gasteiger partial charge < -0.3 is 9.47 Å². The molecule has 0 atom stereocenters. The van der Waals surface area contributed by atoms with Gasteiger partial charge in [0.15, 0.2) is 0 Å². The average molecular weight is 278 g/mol. The number of carbonyl (C=O) groups excluding carboxylic acids is 1. The zero-order valence-electron chi connectivity index (χ0n) is 10.3. The maximum Gasteiger partial charge on any atom is 0.340 e. The lowest BCUT2D eigenvalue weighted by molar-refractivity contribution is 0.0469. The van der Waals surface area contributed by atoms with Crippen LogP contribution < -0.4 is 4.74 Å². The molecule has 4 nitrogen and oxygen atoms in total. The number of esters is 1. The number of nitrogens with zero attached hydrogens (tertiary/aromatic N) is 1. The molecule has 0 fully saturated rings. The molecule has 0 N–H and O–H groups in total. The molecule has 0 saturated heterocycles. The SMILES string of the molecule is COc1c(Cl)cccc1COC(=O)c1cccnc1. The van der Waals surface area contributed by atoms with Gasteiger partial charge in [-0.15, -0.1) is 0 Å². The van der Waals surface area contributed by atoms with E-state index in [4.69, 9.17) is 21.1 Å². The van der Waals surface area contributed by atoms with Gasteiger partial charge in [0, 0.05) is 18.0 Å². The molecule has 0 radical (unpaired) electrons. The molecule has 0 aliphatic carbocycles. The molecule has 0 aliphatic rings. The molecular weight excluding hydrogens is 266 g/mol. The molecule has 2 aromatic rings. The number of ether oxygens (including phenoxy) is 2. The van der Waals surface area contributed by atoms with Gasteiger partial charge in [0.1, 0.15) is 12.4 Å². The predicted molar refractivity (Wildman–Crippen MR) is 71.4 cm³/mol. The first-order chi connectivity index (χ1) is 9.22. The summed E-state index contributed by atoms with van der Waals surface area (Å²) in [4.78, 5) is 15.6. The molecule has 0 saturated carbocycles. The van der Waals surface area contributed by atoms with E-state index in [-0.39, 0.29) is 6.61 Å². The van der Waals surface area contributed by atoms with Crippen LogP contribution in [0.15, 0.2) is 42.7 Å². The molecule has 0 spiro atoms. The molecule has 2 rings (SSSR count). The number of rotatable bonds is 4. The largest absolute Gasteiger partial charge is 0.495 e. The van der Waals surface area contributed by atoms with Crippen LogP contribution in [-0.2, 0) is 11.3 Å². The van der Waals surface area contributed by atoms with Crippen LogP contribution >= 0.6 is 11.6 Å². The zero-order chi connectivity index (χ0) is 13.7. The molecule has 19 heavy (non-hydrogen) atoms. The van der Waals surface area contributed by atoms with Gasteiger partial charge in [-0.3, -0.25) is 4.98 Å². The van der Waals surface area contributed by atoms with E-state index in [0.717, 1.165) is 0 Å². The van der Waals surface area contributed by atoms with Crippen molar-refractivity contribution in [2.24, 2.45) is 0 Å². The maximum absolute atomic E-state index is 11.8. The van der Waals surface area contributed by atoms with E-state index in [2.05, 4.69) is 4.98 Å². The average Bonchev–Trinajstić information content (AvgIpc) is 2.45.